The fraction of sp³-hybridized carbons (Fsp3) is 0.621. The van der Waals surface area contributed by atoms with Crippen molar-refractivity contribution in [3.63, 3.8) is 0 Å². The number of nitrogens with one attached hydrogen (secondary N) is 2. The lowest BCUT2D eigenvalue weighted by Gasteiger charge is -2.53. The number of amides is 2. The number of likely N-dealkylation sites (N-methyl/N-ethyl adjacent to an activating group) is 1. The molecule has 0 bridgehead atoms. The lowest BCUT2D eigenvalue weighted by atomic mass is 9.53. The maximum absolute atomic E-state index is 13.4. The fourth-order valence-electron chi connectivity index (χ4n) is 7.39. The van der Waals surface area contributed by atoms with Crippen molar-refractivity contribution >= 4 is 28.3 Å². The molecule has 6 rings (SSSR count). The first-order valence-electron chi connectivity index (χ1n) is 14.1. The Kier molecular flexibility index (Phi) is 6.84. The van der Waals surface area contributed by atoms with Crippen LogP contribution in [0.2, 0.25) is 0 Å². The molecule has 39 heavy (non-hydrogen) atoms. The second-order valence-corrected chi connectivity index (χ2v) is 13.3. The quantitative estimate of drug-likeness (QED) is 0.534. The van der Waals surface area contributed by atoms with Crippen molar-refractivity contribution in [2.75, 3.05) is 45.3 Å². The number of fused-ring (bicyclic) bond motifs is 3. The van der Waals surface area contributed by atoms with Crippen molar-refractivity contribution in [1.82, 2.24) is 9.88 Å². The Bertz CT molecular complexity index is 1270. The van der Waals surface area contributed by atoms with E-state index in [1.807, 2.05) is 11.8 Å². The predicted octanol–water partition coefficient (Wildman–Crippen LogP) is 2.17. The molecule has 2 fully saturated rings. The standard InChI is InChI=1S/C29H38N4O5S/c1-16(27(36)33-11-9-32(4)10-12-33)19-7-8-29(3)14-22-24(17(2)23(29)25(19)34)30-28(39-22)31-26(35)18-5-6-20-21(13-18)38-15-37-20/h5-6,13,16-17,19,23,25,34H,7-12,14-15H2,1-4H3,(H,30,31,35)/p+1/t16-,17-,19+,23+,25-,29-/m0/s1. The van der Waals surface area contributed by atoms with Crippen LogP contribution >= 0.6 is 11.3 Å². The van der Waals surface area contributed by atoms with Gasteiger partial charge in [-0.25, -0.2) is 4.98 Å². The zero-order chi connectivity index (χ0) is 27.5. The maximum Gasteiger partial charge on any atom is 0.257 e. The van der Waals surface area contributed by atoms with Crippen LogP contribution in [0.5, 0.6) is 11.5 Å². The molecule has 3 N–H and O–H groups in total. The van der Waals surface area contributed by atoms with Crippen LogP contribution in [0.3, 0.4) is 0 Å². The van der Waals surface area contributed by atoms with Crippen molar-refractivity contribution in [2.24, 2.45) is 23.2 Å². The van der Waals surface area contributed by atoms with E-state index in [1.54, 1.807) is 18.2 Å². The Labute approximate surface area is 233 Å². The van der Waals surface area contributed by atoms with Crippen molar-refractivity contribution in [1.29, 1.82) is 0 Å². The van der Waals surface area contributed by atoms with Gasteiger partial charge in [0.25, 0.3) is 5.91 Å². The Morgan fingerprint density at radius 2 is 2.00 bits per heavy atom. The largest absolute Gasteiger partial charge is 0.454 e. The van der Waals surface area contributed by atoms with Crippen LogP contribution in [0.15, 0.2) is 18.2 Å². The van der Waals surface area contributed by atoms with Gasteiger partial charge in [0, 0.05) is 22.3 Å². The number of hydrogen-bond donors (Lipinski definition) is 3. The Morgan fingerprint density at radius 1 is 1.26 bits per heavy atom. The molecule has 1 saturated carbocycles. The van der Waals surface area contributed by atoms with Crippen molar-refractivity contribution < 1.29 is 29.1 Å². The number of nitrogens with zero attached hydrogens (tertiary/aromatic N) is 2. The van der Waals surface area contributed by atoms with Gasteiger partial charge in [0.2, 0.25) is 12.7 Å². The molecule has 4 aliphatic rings. The highest BCUT2D eigenvalue weighted by Gasteiger charge is 2.54. The van der Waals surface area contributed by atoms with E-state index in [9.17, 15) is 14.7 Å². The Balaban J connectivity index is 1.18. The number of quaternary nitrogens is 1. The van der Waals surface area contributed by atoms with Crippen molar-refractivity contribution in [3.05, 3.63) is 34.3 Å². The molecule has 3 heterocycles. The number of aliphatic hydroxyl groups excluding tert-OH is 1. The summed E-state index contributed by atoms with van der Waals surface area (Å²) >= 11 is 1.53. The number of aliphatic hydroxyl groups is 1. The molecule has 2 aromatic rings. The van der Waals surface area contributed by atoms with Crippen LogP contribution in [0.1, 0.15) is 60.5 Å². The minimum absolute atomic E-state index is 0.00967. The van der Waals surface area contributed by atoms with E-state index >= 15 is 0 Å². The molecule has 6 atom stereocenters. The number of benzene rings is 1. The summed E-state index contributed by atoms with van der Waals surface area (Å²) in [5.41, 5.74) is 1.37. The van der Waals surface area contributed by atoms with E-state index in [-0.39, 0.29) is 47.7 Å². The van der Waals surface area contributed by atoms with Crippen LogP contribution in [0, 0.1) is 23.2 Å². The molecular formula is C29H39N4O5S+. The minimum atomic E-state index is -0.572. The molecule has 1 saturated heterocycles. The molecule has 2 amide bonds. The van der Waals surface area contributed by atoms with Crippen LogP contribution in [-0.2, 0) is 11.2 Å². The van der Waals surface area contributed by atoms with Crippen LogP contribution in [-0.4, -0.2) is 72.9 Å². The number of hydrogen-bond acceptors (Lipinski definition) is 7. The van der Waals surface area contributed by atoms with E-state index in [0.717, 1.165) is 51.1 Å². The number of thiazole rings is 1. The molecule has 210 valence electrons. The van der Waals surface area contributed by atoms with Gasteiger partial charge in [-0.3, -0.25) is 14.9 Å². The summed E-state index contributed by atoms with van der Waals surface area (Å²) in [5, 5.41) is 15.3. The number of ether oxygens (including phenoxy) is 2. The lowest BCUT2D eigenvalue weighted by Crippen LogP contribution is -3.12. The van der Waals surface area contributed by atoms with Crippen molar-refractivity contribution in [2.45, 2.75) is 52.1 Å². The topological polar surface area (TPSA) is 105 Å². The number of anilines is 1. The molecule has 9 nitrogen and oxygen atoms in total. The molecular weight excluding hydrogens is 516 g/mol. The van der Waals surface area contributed by atoms with E-state index in [0.29, 0.717) is 22.2 Å². The number of carbonyl (C=O) groups is 2. The van der Waals surface area contributed by atoms with E-state index < -0.39 is 6.10 Å². The molecule has 2 aliphatic carbocycles. The number of rotatable bonds is 4. The SMILES string of the molecule is C[C@H](C(=O)N1CC[NH+](C)CC1)[C@H]1CC[C@@]2(C)Cc3sc(NC(=O)c4ccc5c(c4)OCO5)nc3[C@@H](C)[C@@H]2[C@H]1O. The molecule has 0 unspecified atom stereocenters. The van der Waals surface area contributed by atoms with Crippen LogP contribution < -0.4 is 19.7 Å². The summed E-state index contributed by atoms with van der Waals surface area (Å²) in [7, 11) is 2.17. The molecule has 0 spiro atoms. The van der Waals surface area contributed by atoms with E-state index in [4.69, 9.17) is 14.5 Å². The normalized spacial score (nSPS) is 30.8. The van der Waals surface area contributed by atoms with Gasteiger partial charge >= 0.3 is 0 Å². The van der Waals surface area contributed by atoms with Gasteiger partial charge in [0.1, 0.15) is 0 Å². The van der Waals surface area contributed by atoms with Gasteiger partial charge in [0.15, 0.2) is 16.6 Å². The summed E-state index contributed by atoms with van der Waals surface area (Å²) in [6.45, 7) is 10.1. The zero-order valence-electron chi connectivity index (χ0n) is 23.2. The fourth-order valence-corrected chi connectivity index (χ4v) is 8.65. The maximum atomic E-state index is 13.4. The second kappa shape index (κ2) is 10.1. The number of carbonyl (C=O) groups excluding carboxylic acids is 2. The van der Waals surface area contributed by atoms with Gasteiger partial charge in [0.05, 0.1) is 45.0 Å². The van der Waals surface area contributed by atoms with Crippen molar-refractivity contribution in [3.8, 4) is 11.5 Å². The summed E-state index contributed by atoms with van der Waals surface area (Å²) < 4.78 is 10.8. The lowest BCUT2D eigenvalue weighted by molar-refractivity contribution is -0.883. The average Bonchev–Trinajstić information content (AvgIpc) is 3.54. The summed E-state index contributed by atoms with van der Waals surface area (Å²) in [5.74, 6) is 0.915. The molecule has 2 aliphatic heterocycles. The third-order valence-electron chi connectivity index (χ3n) is 9.74. The monoisotopic (exact) mass is 555 g/mol. The Hall–Kier alpha value is -2.69. The number of aromatic nitrogens is 1. The highest BCUT2D eigenvalue weighted by atomic mass is 32.1. The Morgan fingerprint density at radius 3 is 2.77 bits per heavy atom. The smallest absolute Gasteiger partial charge is 0.257 e. The summed E-state index contributed by atoms with van der Waals surface area (Å²) in [4.78, 5) is 35.9. The summed E-state index contributed by atoms with van der Waals surface area (Å²) in [6, 6.07) is 5.15. The van der Waals surface area contributed by atoms with Crippen LogP contribution in [0.4, 0.5) is 5.13 Å². The van der Waals surface area contributed by atoms with Gasteiger partial charge in [-0.2, -0.15) is 0 Å². The van der Waals surface area contributed by atoms with E-state index in [2.05, 4.69) is 26.2 Å². The van der Waals surface area contributed by atoms with Gasteiger partial charge in [-0.1, -0.05) is 20.8 Å². The van der Waals surface area contributed by atoms with Gasteiger partial charge < -0.3 is 24.4 Å². The second-order valence-electron chi connectivity index (χ2n) is 12.3. The third kappa shape index (κ3) is 4.70. The van der Waals surface area contributed by atoms with E-state index in [1.165, 1.54) is 21.1 Å². The highest BCUT2D eigenvalue weighted by Crippen LogP contribution is 2.57. The zero-order valence-corrected chi connectivity index (χ0v) is 24.0. The first kappa shape index (κ1) is 26.5. The molecule has 1 aromatic carbocycles. The van der Waals surface area contributed by atoms with Crippen LogP contribution in [0.25, 0.3) is 0 Å². The first-order valence-corrected chi connectivity index (χ1v) is 14.9. The number of piperazine rings is 1. The predicted molar refractivity (Wildman–Crippen MR) is 147 cm³/mol. The molecule has 10 heteroatoms. The van der Waals surface area contributed by atoms with Gasteiger partial charge in [-0.15, -0.1) is 11.3 Å². The van der Waals surface area contributed by atoms with Gasteiger partial charge in [-0.05, 0) is 54.7 Å². The minimum Gasteiger partial charge on any atom is -0.454 e. The first-order chi connectivity index (χ1) is 18.6. The highest BCUT2D eigenvalue weighted by molar-refractivity contribution is 7.15. The third-order valence-corrected chi connectivity index (χ3v) is 10.7. The molecule has 1 aromatic heterocycles. The molecule has 0 radical (unpaired) electrons. The summed E-state index contributed by atoms with van der Waals surface area (Å²) in [6.07, 6.45) is 2.05. The average molecular weight is 556 g/mol.